The summed E-state index contributed by atoms with van der Waals surface area (Å²) in [6, 6.07) is 5.88. The highest BCUT2D eigenvalue weighted by molar-refractivity contribution is 5.96. The van der Waals surface area contributed by atoms with E-state index in [9.17, 15) is 4.79 Å². The van der Waals surface area contributed by atoms with Gasteiger partial charge < -0.3 is 14.8 Å². The molecular weight excluding hydrogens is 326 g/mol. The standard InChI is InChI=1S/C22H27NO3/c24-20(21-11-14-7-15(12-21)9-16(8-14)13-21)23-17-3-4-18-19(10-17)26-22(25-18)5-1-2-6-22/h3-4,10,14-16H,1-2,5-9,11-13H2,(H,23,24). The minimum absolute atomic E-state index is 0.113. The third kappa shape index (κ3) is 2.23. The fourth-order valence-electron chi connectivity index (χ4n) is 6.94. The highest BCUT2D eigenvalue weighted by Crippen LogP contribution is 2.60. The molecule has 1 spiro atoms. The maximum absolute atomic E-state index is 13.2. The first-order valence-corrected chi connectivity index (χ1v) is 10.5. The van der Waals surface area contributed by atoms with E-state index in [2.05, 4.69) is 5.32 Å². The van der Waals surface area contributed by atoms with Crippen LogP contribution < -0.4 is 14.8 Å². The smallest absolute Gasteiger partial charge is 0.251 e. The third-order valence-electron chi connectivity index (χ3n) is 7.68. The SMILES string of the molecule is O=C(Nc1ccc2c(c1)OC1(CCCC1)O2)C12CC3CC(CC(C3)C1)C2. The lowest BCUT2D eigenvalue weighted by atomic mass is 9.49. The van der Waals surface area contributed by atoms with Gasteiger partial charge in [-0.15, -0.1) is 0 Å². The maximum Gasteiger partial charge on any atom is 0.251 e. The van der Waals surface area contributed by atoms with Gasteiger partial charge >= 0.3 is 0 Å². The Balaban J connectivity index is 1.22. The zero-order valence-electron chi connectivity index (χ0n) is 15.3. The second-order valence-electron chi connectivity index (χ2n) is 9.64. The van der Waals surface area contributed by atoms with E-state index in [0.717, 1.165) is 79.9 Å². The minimum Gasteiger partial charge on any atom is -0.448 e. The lowest BCUT2D eigenvalue weighted by Gasteiger charge is -2.55. The van der Waals surface area contributed by atoms with Gasteiger partial charge in [-0.3, -0.25) is 4.79 Å². The van der Waals surface area contributed by atoms with E-state index in [1.807, 2.05) is 18.2 Å². The predicted molar refractivity (Wildman–Crippen MR) is 98.1 cm³/mol. The summed E-state index contributed by atoms with van der Waals surface area (Å²) < 4.78 is 12.2. The first kappa shape index (κ1) is 15.4. The topological polar surface area (TPSA) is 47.6 Å². The molecule has 0 unspecified atom stereocenters. The van der Waals surface area contributed by atoms with Crippen LogP contribution in [0.2, 0.25) is 0 Å². The van der Waals surface area contributed by atoms with E-state index < -0.39 is 5.79 Å². The fraction of sp³-hybridized carbons (Fsp3) is 0.682. The molecule has 4 heteroatoms. The molecule has 1 aromatic carbocycles. The van der Waals surface area contributed by atoms with Crippen molar-refractivity contribution < 1.29 is 14.3 Å². The summed E-state index contributed by atoms with van der Waals surface area (Å²) in [6.07, 6.45) is 11.6. The van der Waals surface area contributed by atoms with Crippen LogP contribution in [0.5, 0.6) is 11.5 Å². The summed E-state index contributed by atoms with van der Waals surface area (Å²) in [7, 11) is 0. The van der Waals surface area contributed by atoms with Gasteiger partial charge in [0.05, 0.1) is 5.41 Å². The molecule has 1 heterocycles. The van der Waals surface area contributed by atoms with E-state index >= 15 is 0 Å². The number of rotatable bonds is 2. The zero-order chi connectivity index (χ0) is 17.4. The Morgan fingerprint density at radius 1 is 0.923 bits per heavy atom. The van der Waals surface area contributed by atoms with Gasteiger partial charge in [-0.25, -0.2) is 0 Å². The Morgan fingerprint density at radius 2 is 1.54 bits per heavy atom. The number of nitrogens with one attached hydrogen (secondary N) is 1. The van der Waals surface area contributed by atoms with Crippen molar-refractivity contribution in [3.05, 3.63) is 18.2 Å². The molecule has 5 fully saturated rings. The van der Waals surface area contributed by atoms with Crippen molar-refractivity contribution in [2.24, 2.45) is 23.2 Å². The van der Waals surface area contributed by atoms with E-state index in [1.165, 1.54) is 19.3 Å². The normalized spacial score (nSPS) is 38.1. The molecule has 0 aromatic heterocycles. The van der Waals surface area contributed by atoms with Crippen LogP contribution in [0.15, 0.2) is 18.2 Å². The first-order chi connectivity index (χ1) is 12.6. The van der Waals surface area contributed by atoms with Crippen LogP contribution in [0.3, 0.4) is 0 Å². The van der Waals surface area contributed by atoms with Crippen molar-refractivity contribution >= 4 is 11.6 Å². The van der Waals surface area contributed by atoms with Crippen molar-refractivity contribution in [2.75, 3.05) is 5.32 Å². The average molecular weight is 353 g/mol. The molecule has 6 aliphatic rings. The van der Waals surface area contributed by atoms with Gasteiger partial charge in [-0.2, -0.15) is 0 Å². The zero-order valence-corrected chi connectivity index (χ0v) is 15.3. The quantitative estimate of drug-likeness (QED) is 0.824. The van der Waals surface area contributed by atoms with Gasteiger partial charge in [-0.05, 0) is 81.3 Å². The van der Waals surface area contributed by atoms with Crippen molar-refractivity contribution in [2.45, 2.75) is 70.0 Å². The highest BCUT2D eigenvalue weighted by Gasteiger charge is 2.54. The highest BCUT2D eigenvalue weighted by atomic mass is 16.7. The van der Waals surface area contributed by atoms with Crippen molar-refractivity contribution in [3.63, 3.8) is 0 Å². The summed E-state index contributed by atoms with van der Waals surface area (Å²) >= 11 is 0. The van der Waals surface area contributed by atoms with Crippen LogP contribution >= 0.6 is 0 Å². The molecule has 5 aliphatic carbocycles. The number of amides is 1. The third-order valence-corrected chi connectivity index (χ3v) is 7.68. The predicted octanol–water partition coefficient (Wildman–Crippen LogP) is 4.88. The number of carbonyl (C=O) groups excluding carboxylic acids is 1. The molecule has 0 saturated heterocycles. The summed E-state index contributed by atoms with van der Waals surface area (Å²) in [6.45, 7) is 0. The number of anilines is 1. The Kier molecular flexibility index (Phi) is 3.06. The molecule has 1 aromatic rings. The van der Waals surface area contributed by atoms with Gasteiger partial charge in [0.25, 0.3) is 5.79 Å². The molecule has 1 amide bonds. The number of ether oxygens (including phenoxy) is 2. The molecule has 26 heavy (non-hydrogen) atoms. The van der Waals surface area contributed by atoms with E-state index in [0.29, 0.717) is 0 Å². The lowest BCUT2D eigenvalue weighted by Crippen LogP contribution is -2.51. The number of fused-ring (bicyclic) bond motifs is 1. The number of hydrogen-bond donors (Lipinski definition) is 1. The van der Waals surface area contributed by atoms with Crippen LogP contribution in [-0.2, 0) is 4.79 Å². The van der Waals surface area contributed by atoms with Gasteiger partial charge in [0.15, 0.2) is 11.5 Å². The molecule has 138 valence electrons. The van der Waals surface area contributed by atoms with E-state index in [1.54, 1.807) is 0 Å². The molecular formula is C22H27NO3. The average Bonchev–Trinajstić information content (AvgIpc) is 3.19. The second-order valence-corrected chi connectivity index (χ2v) is 9.64. The molecule has 0 radical (unpaired) electrons. The molecule has 5 saturated carbocycles. The van der Waals surface area contributed by atoms with Gasteiger partial charge in [0, 0.05) is 24.6 Å². The minimum atomic E-state index is -0.440. The van der Waals surface area contributed by atoms with E-state index in [-0.39, 0.29) is 11.3 Å². The number of benzene rings is 1. The summed E-state index contributed by atoms with van der Waals surface area (Å²) in [5, 5.41) is 3.23. The van der Waals surface area contributed by atoms with E-state index in [4.69, 9.17) is 9.47 Å². The summed E-state index contributed by atoms with van der Waals surface area (Å²) in [5.41, 5.74) is 0.737. The van der Waals surface area contributed by atoms with Crippen LogP contribution in [-0.4, -0.2) is 11.7 Å². The first-order valence-electron chi connectivity index (χ1n) is 10.5. The Morgan fingerprint density at radius 3 is 2.19 bits per heavy atom. The van der Waals surface area contributed by atoms with Crippen molar-refractivity contribution in [3.8, 4) is 11.5 Å². The fourth-order valence-corrected chi connectivity index (χ4v) is 6.94. The Bertz CT molecular complexity index is 729. The Labute approximate surface area is 154 Å². The summed E-state index contributed by atoms with van der Waals surface area (Å²) in [4.78, 5) is 13.2. The molecule has 4 bridgehead atoms. The molecule has 4 nitrogen and oxygen atoms in total. The van der Waals surface area contributed by atoms with Crippen LogP contribution in [0.1, 0.15) is 64.2 Å². The number of hydrogen-bond acceptors (Lipinski definition) is 3. The summed E-state index contributed by atoms with van der Waals surface area (Å²) in [5.74, 6) is 3.76. The van der Waals surface area contributed by atoms with Crippen molar-refractivity contribution in [1.29, 1.82) is 0 Å². The monoisotopic (exact) mass is 353 g/mol. The second kappa shape index (κ2) is 5.17. The van der Waals surface area contributed by atoms with Crippen LogP contribution in [0.25, 0.3) is 0 Å². The lowest BCUT2D eigenvalue weighted by molar-refractivity contribution is -0.140. The maximum atomic E-state index is 13.2. The van der Waals surface area contributed by atoms with Gasteiger partial charge in [0.1, 0.15) is 0 Å². The molecule has 1 aliphatic heterocycles. The Hall–Kier alpha value is -1.71. The van der Waals surface area contributed by atoms with Crippen molar-refractivity contribution in [1.82, 2.24) is 0 Å². The van der Waals surface area contributed by atoms with Gasteiger partial charge in [0.2, 0.25) is 5.91 Å². The largest absolute Gasteiger partial charge is 0.448 e. The number of carbonyl (C=O) groups is 1. The van der Waals surface area contributed by atoms with Crippen LogP contribution in [0.4, 0.5) is 5.69 Å². The molecule has 1 N–H and O–H groups in total. The molecule has 7 rings (SSSR count). The van der Waals surface area contributed by atoms with Crippen LogP contribution in [0, 0.1) is 23.2 Å². The molecule has 0 atom stereocenters. The van der Waals surface area contributed by atoms with Gasteiger partial charge in [-0.1, -0.05) is 0 Å².